The lowest BCUT2D eigenvalue weighted by molar-refractivity contribution is 0.0525. The van der Waals surface area contributed by atoms with Gasteiger partial charge < -0.3 is 25.4 Å². The molecule has 0 aliphatic rings. The molecule has 0 spiro atoms. The number of ketones is 1. The number of alkyl carbamates (subject to hydrolysis) is 1. The van der Waals surface area contributed by atoms with Crippen molar-refractivity contribution < 1.29 is 19.1 Å². The van der Waals surface area contributed by atoms with Crippen molar-refractivity contribution in [2.24, 2.45) is 0 Å². The number of Topliss-reactive ketones (excluding diaryl/α,β-unsaturated/α-hetero) is 1. The highest BCUT2D eigenvalue weighted by Gasteiger charge is 2.16. The van der Waals surface area contributed by atoms with Crippen LogP contribution in [0.4, 0.5) is 27.9 Å². The van der Waals surface area contributed by atoms with E-state index in [1.54, 1.807) is 57.3 Å². The van der Waals surface area contributed by atoms with E-state index in [4.69, 9.17) is 9.47 Å². The van der Waals surface area contributed by atoms with Gasteiger partial charge in [0.25, 0.3) is 0 Å². The van der Waals surface area contributed by atoms with Crippen LogP contribution >= 0.6 is 0 Å². The summed E-state index contributed by atoms with van der Waals surface area (Å²) in [5.74, 6) is 1.70. The summed E-state index contributed by atoms with van der Waals surface area (Å²) in [6.07, 6.45) is 3.66. The van der Waals surface area contributed by atoms with Crippen molar-refractivity contribution in [1.29, 1.82) is 0 Å². The minimum atomic E-state index is -0.559. The van der Waals surface area contributed by atoms with E-state index in [2.05, 4.69) is 32.5 Å². The Labute approximate surface area is 223 Å². The molecule has 0 saturated carbocycles. The maximum Gasteiger partial charge on any atom is 0.407 e. The zero-order chi connectivity index (χ0) is 27.5. The van der Waals surface area contributed by atoms with Gasteiger partial charge >= 0.3 is 6.09 Å². The number of hydrogen-bond acceptors (Lipinski definition) is 8. The molecule has 2 aromatic carbocycles. The van der Waals surface area contributed by atoms with E-state index in [-0.39, 0.29) is 5.78 Å². The third-order valence-electron chi connectivity index (χ3n) is 5.18. The normalized spacial score (nSPS) is 10.8. The molecule has 0 aliphatic carbocycles. The van der Waals surface area contributed by atoms with Gasteiger partial charge in [-0.2, -0.15) is 4.98 Å². The minimum absolute atomic E-state index is 0.0231. The van der Waals surface area contributed by atoms with E-state index in [0.29, 0.717) is 49.0 Å². The number of nitrogens with one attached hydrogen (secondary N) is 3. The van der Waals surface area contributed by atoms with E-state index in [9.17, 15) is 9.59 Å². The Morgan fingerprint density at radius 3 is 2.66 bits per heavy atom. The first-order valence-corrected chi connectivity index (χ1v) is 12.4. The zero-order valence-electron chi connectivity index (χ0n) is 22.3. The Hall–Kier alpha value is -4.40. The highest BCUT2D eigenvalue weighted by molar-refractivity contribution is 5.97. The Morgan fingerprint density at radius 2 is 1.89 bits per heavy atom. The highest BCUT2D eigenvalue weighted by Crippen LogP contribution is 2.25. The molecule has 1 amide bonds. The quantitative estimate of drug-likeness (QED) is 0.145. The number of carbonyl (C=O) groups is 2. The van der Waals surface area contributed by atoms with E-state index < -0.39 is 11.7 Å². The summed E-state index contributed by atoms with van der Waals surface area (Å²) in [7, 11) is 0. The molecule has 38 heavy (non-hydrogen) atoms. The standard InChI is InChI=1S/C29H35N5O4/c1-6-17-37-23-13-12-20(2)24(19-23)33-26-14-16-30-27(34-26)32-22-10-7-9-21(18-22)25(35)11-8-15-31-28(36)38-29(3,4)5/h6-7,9-10,12-14,16,18-19H,1,8,11,15,17H2,2-5H3,(H,31,36)(H2,30,32,33,34). The molecule has 0 unspecified atom stereocenters. The van der Waals surface area contributed by atoms with Crippen molar-refractivity contribution in [2.75, 3.05) is 23.8 Å². The van der Waals surface area contributed by atoms with E-state index in [0.717, 1.165) is 17.0 Å². The zero-order valence-corrected chi connectivity index (χ0v) is 22.3. The molecule has 0 radical (unpaired) electrons. The molecular weight excluding hydrogens is 482 g/mol. The summed E-state index contributed by atoms with van der Waals surface area (Å²) < 4.78 is 10.8. The van der Waals surface area contributed by atoms with Crippen LogP contribution < -0.4 is 20.7 Å². The number of ether oxygens (including phenoxy) is 2. The Balaban J connectivity index is 1.58. The fourth-order valence-electron chi connectivity index (χ4n) is 3.40. The lowest BCUT2D eigenvalue weighted by Crippen LogP contribution is -2.33. The van der Waals surface area contributed by atoms with Crippen LogP contribution in [-0.4, -0.2) is 40.6 Å². The first-order chi connectivity index (χ1) is 18.1. The number of hydrogen-bond donors (Lipinski definition) is 3. The maximum atomic E-state index is 12.7. The lowest BCUT2D eigenvalue weighted by Gasteiger charge is -2.19. The van der Waals surface area contributed by atoms with Crippen LogP contribution in [0.5, 0.6) is 5.75 Å². The first kappa shape index (κ1) is 28.2. The fraction of sp³-hybridized carbons (Fsp3) is 0.310. The average Bonchev–Trinajstić information content (AvgIpc) is 2.86. The van der Waals surface area contributed by atoms with Crippen LogP contribution in [0.2, 0.25) is 0 Å². The monoisotopic (exact) mass is 517 g/mol. The number of benzene rings is 2. The number of nitrogens with zero attached hydrogens (tertiary/aromatic N) is 2. The minimum Gasteiger partial charge on any atom is -0.489 e. The van der Waals surface area contributed by atoms with Crippen molar-refractivity contribution >= 4 is 35.0 Å². The van der Waals surface area contributed by atoms with Gasteiger partial charge in [-0.15, -0.1) is 0 Å². The Bertz CT molecular complexity index is 1270. The molecule has 0 bridgehead atoms. The second-order valence-corrected chi connectivity index (χ2v) is 9.63. The molecule has 0 saturated heterocycles. The molecule has 9 nitrogen and oxygen atoms in total. The van der Waals surface area contributed by atoms with E-state index in [1.807, 2.05) is 31.2 Å². The molecule has 9 heteroatoms. The van der Waals surface area contributed by atoms with Gasteiger partial charge in [0.2, 0.25) is 5.95 Å². The summed E-state index contributed by atoms with van der Waals surface area (Å²) in [6.45, 7) is 11.9. The van der Waals surface area contributed by atoms with Crippen molar-refractivity contribution in [3.63, 3.8) is 0 Å². The van der Waals surface area contributed by atoms with Crippen LogP contribution in [0.15, 0.2) is 67.4 Å². The van der Waals surface area contributed by atoms with E-state index >= 15 is 0 Å². The predicted octanol–water partition coefficient (Wildman–Crippen LogP) is 6.32. The molecule has 3 rings (SSSR count). The number of rotatable bonds is 12. The third kappa shape index (κ3) is 9.24. The Kier molecular flexibility index (Phi) is 9.81. The second-order valence-electron chi connectivity index (χ2n) is 9.63. The largest absolute Gasteiger partial charge is 0.489 e. The third-order valence-corrected chi connectivity index (χ3v) is 5.18. The van der Waals surface area contributed by atoms with Gasteiger partial charge in [-0.25, -0.2) is 9.78 Å². The molecule has 3 aromatic rings. The number of aryl methyl sites for hydroxylation is 1. The number of carbonyl (C=O) groups excluding carboxylic acids is 2. The molecule has 0 aliphatic heterocycles. The van der Waals surface area contributed by atoms with E-state index in [1.165, 1.54) is 0 Å². The molecule has 1 aromatic heterocycles. The summed E-state index contributed by atoms with van der Waals surface area (Å²) in [4.78, 5) is 33.3. The molecule has 3 N–H and O–H groups in total. The van der Waals surface area contributed by atoms with Crippen molar-refractivity contribution in [1.82, 2.24) is 15.3 Å². The maximum absolute atomic E-state index is 12.7. The van der Waals surface area contributed by atoms with Crippen LogP contribution in [-0.2, 0) is 4.74 Å². The SMILES string of the molecule is C=CCOc1ccc(C)c(Nc2ccnc(Nc3cccc(C(=O)CCCNC(=O)OC(C)(C)C)c3)n2)c1. The predicted molar refractivity (Wildman–Crippen MR) is 150 cm³/mol. The number of amides is 1. The summed E-state index contributed by atoms with van der Waals surface area (Å²) in [5.41, 5.74) is 2.60. The number of aromatic nitrogens is 2. The lowest BCUT2D eigenvalue weighted by atomic mass is 10.1. The second kappa shape index (κ2) is 13.2. The van der Waals surface area contributed by atoms with Crippen LogP contribution in [0.1, 0.15) is 49.5 Å². The van der Waals surface area contributed by atoms with Crippen LogP contribution in [0.25, 0.3) is 0 Å². The van der Waals surface area contributed by atoms with Gasteiger partial charge in [-0.3, -0.25) is 4.79 Å². The van der Waals surface area contributed by atoms with Crippen LogP contribution in [0.3, 0.4) is 0 Å². The van der Waals surface area contributed by atoms with Crippen LogP contribution in [0, 0.1) is 6.92 Å². The average molecular weight is 518 g/mol. The van der Waals surface area contributed by atoms with Gasteiger partial charge in [-0.1, -0.05) is 30.9 Å². The smallest absolute Gasteiger partial charge is 0.407 e. The topological polar surface area (TPSA) is 114 Å². The summed E-state index contributed by atoms with van der Waals surface area (Å²) in [6, 6.07) is 14.7. The van der Waals surface area contributed by atoms with Crippen molar-refractivity contribution in [3.05, 3.63) is 78.5 Å². The molecule has 0 fully saturated rings. The van der Waals surface area contributed by atoms with Gasteiger partial charge in [-0.05, 0) is 63.9 Å². The fourth-order valence-corrected chi connectivity index (χ4v) is 3.40. The highest BCUT2D eigenvalue weighted by atomic mass is 16.6. The number of anilines is 4. The van der Waals surface area contributed by atoms with Crippen molar-refractivity contribution in [3.8, 4) is 5.75 Å². The van der Waals surface area contributed by atoms with Gasteiger partial charge in [0.1, 0.15) is 23.8 Å². The summed E-state index contributed by atoms with van der Waals surface area (Å²) in [5, 5.41) is 9.13. The Morgan fingerprint density at radius 1 is 1.08 bits per heavy atom. The first-order valence-electron chi connectivity index (χ1n) is 12.4. The summed E-state index contributed by atoms with van der Waals surface area (Å²) >= 11 is 0. The van der Waals surface area contributed by atoms with Crippen molar-refractivity contribution in [2.45, 2.75) is 46.1 Å². The molecular formula is C29H35N5O4. The molecule has 0 atom stereocenters. The molecule has 1 heterocycles. The molecule has 200 valence electrons. The van der Waals surface area contributed by atoms with Gasteiger partial charge in [0.15, 0.2) is 5.78 Å². The van der Waals surface area contributed by atoms with Gasteiger partial charge in [0.05, 0.1) is 0 Å². The van der Waals surface area contributed by atoms with Gasteiger partial charge in [0, 0.05) is 42.2 Å².